The minimum absolute atomic E-state index is 0.00628. The van der Waals surface area contributed by atoms with E-state index in [4.69, 9.17) is 28.4 Å². The van der Waals surface area contributed by atoms with E-state index in [1.54, 1.807) is 0 Å². The van der Waals surface area contributed by atoms with E-state index in [0.717, 1.165) is 32.1 Å². The highest BCUT2D eigenvalue weighted by Crippen LogP contribution is 2.40. The van der Waals surface area contributed by atoms with E-state index in [1.807, 2.05) is 41.5 Å². The van der Waals surface area contributed by atoms with E-state index < -0.39 is 115 Å². The molecule has 4 aliphatic rings. The first-order chi connectivity index (χ1) is 29.6. The third-order valence-electron chi connectivity index (χ3n) is 12.9. The largest absolute Gasteiger partial charge is 0.479 e. The zero-order chi connectivity index (χ0) is 46.8. The molecule has 0 aromatic rings. The Kier molecular flexibility index (Phi) is 20.0. The van der Waals surface area contributed by atoms with Crippen LogP contribution in [0, 0.1) is 23.2 Å². The minimum atomic E-state index is -1.66. The Hall–Kier alpha value is -2.56. The average Bonchev–Trinajstić information content (AvgIpc) is 3.22. The Labute approximate surface area is 371 Å². The molecule has 2 aliphatic heterocycles. The molecule has 15 atom stereocenters. The maximum Gasteiger partial charge on any atom is 0.332 e. The summed E-state index contributed by atoms with van der Waals surface area (Å²) in [5.74, 6) is -3.41. The molecule has 0 aromatic heterocycles. The number of ether oxygens (including phenoxy) is 6. The SMILES string of the molecule is CCC1CC(C(=O)NCCNC(=O)C(C)(C)CCOC(C)(C)C)C[C@@H](O[C@@H]2OC(CO)[C@H](O)C(O[C@@H](CC3CCCCC3)C(=O)O)C2NC(C)=O)C1OC1O[C@@H](C)C(O)C(O)[C@@H]1O. The molecule has 63 heavy (non-hydrogen) atoms. The highest BCUT2D eigenvalue weighted by Gasteiger charge is 2.53. The first kappa shape index (κ1) is 53.1. The standard InChI is InChI=1S/C44H77N3O16/c1-9-26-20-27(38(54)45-16-17-46-42(57)44(7,8)15-18-58-43(4,5)6)21-28(36(26)63-41-35(53)34(52)32(50)23(2)59-41)61-40-31(47-24(3)49)37(33(51)30(22-48)62-40)60-29(39(55)56)19-25-13-11-10-12-14-25/h23,25-37,40-41,48,50-53H,9-22H2,1-8H3,(H,45,54)(H,46,57)(H,47,49)(H,55,56)/t23-,26?,27?,28+,29-,30?,31?,32?,33-,34?,35-,36?,37?,40+,41?/m0/s1. The molecule has 0 bridgehead atoms. The molecule has 3 amide bonds. The fraction of sp³-hybridized carbons (Fsp3) is 0.909. The van der Waals surface area contributed by atoms with Crippen LogP contribution in [0.4, 0.5) is 0 Å². The number of carbonyl (C=O) groups is 4. The molecule has 0 spiro atoms. The van der Waals surface area contributed by atoms with Crippen molar-refractivity contribution in [3.8, 4) is 0 Å². The lowest BCUT2D eigenvalue weighted by molar-refractivity contribution is -0.338. The van der Waals surface area contributed by atoms with E-state index >= 15 is 0 Å². The van der Waals surface area contributed by atoms with E-state index in [0.29, 0.717) is 19.4 Å². The summed E-state index contributed by atoms with van der Waals surface area (Å²) in [4.78, 5) is 52.3. The molecule has 9 N–H and O–H groups in total. The number of carboxylic acid groups (broad SMARTS) is 1. The maximum absolute atomic E-state index is 13.9. The zero-order valence-corrected chi connectivity index (χ0v) is 38.4. The molecule has 2 saturated carbocycles. The summed E-state index contributed by atoms with van der Waals surface area (Å²) in [6.07, 6.45) is -10.2. The summed E-state index contributed by atoms with van der Waals surface area (Å²) < 4.78 is 37.0. The van der Waals surface area contributed by atoms with Gasteiger partial charge in [-0.2, -0.15) is 0 Å². The average molecular weight is 904 g/mol. The summed E-state index contributed by atoms with van der Waals surface area (Å²) >= 11 is 0. The molecule has 2 heterocycles. The Morgan fingerprint density at radius 2 is 1.49 bits per heavy atom. The number of amides is 3. The van der Waals surface area contributed by atoms with Crippen molar-refractivity contribution in [3.05, 3.63) is 0 Å². The van der Waals surface area contributed by atoms with Crippen LogP contribution in [0.2, 0.25) is 0 Å². The number of rotatable bonds is 20. The minimum Gasteiger partial charge on any atom is -0.479 e. The van der Waals surface area contributed by atoms with E-state index in [1.165, 1.54) is 13.8 Å². The number of aliphatic carboxylic acids is 1. The van der Waals surface area contributed by atoms with Gasteiger partial charge in [0.25, 0.3) is 0 Å². The Morgan fingerprint density at radius 1 is 0.825 bits per heavy atom. The third-order valence-corrected chi connectivity index (χ3v) is 12.9. The zero-order valence-electron chi connectivity index (χ0n) is 38.4. The molecular formula is C44H77N3O16. The summed E-state index contributed by atoms with van der Waals surface area (Å²) in [5.41, 5.74) is -1.06. The Bertz CT molecular complexity index is 1470. The summed E-state index contributed by atoms with van der Waals surface area (Å²) in [7, 11) is 0. The third kappa shape index (κ3) is 15.0. The van der Waals surface area contributed by atoms with Gasteiger partial charge in [-0.1, -0.05) is 59.3 Å². The number of aliphatic hydroxyl groups is 5. The summed E-state index contributed by atoms with van der Waals surface area (Å²) in [5, 5.41) is 72.6. The molecule has 364 valence electrons. The monoisotopic (exact) mass is 904 g/mol. The Balaban J connectivity index is 1.58. The number of nitrogens with one attached hydrogen (secondary N) is 3. The van der Waals surface area contributed by atoms with Gasteiger partial charge in [-0.05, 0) is 65.2 Å². The van der Waals surface area contributed by atoms with E-state index in [-0.39, 0.29) is 55.7 Å². The molecule has 2 aliphatic carbocycles. The van der Waals surface area contributed by atoms with Crippen LogP contribution in [-0.4, -0.2) is 166 Å². The van der Waals surface area contributed by atoms with Crippen molar-refractivity contribution < 1.29 is 78.2 Å². The molecule has 19 heteroatoms. The van der Waals surface area contributed by atoms with Crippen LogP contribution < -0.4 is 16.0 Å². The van der Waals surface area contributed by atoms with Crippen LogP contribution in [0.3, 0.4) is 0 Å². The van der Waals surface area contributed by atoms with Crippen molar-refractivity contribution in [3.63, 3.8) is 0 Å². The van der Waals surface area contributed by atoms with Crippen molar-refractivity contribution in [2.75, 3.05) is 26.3 Å². The van der Waals surface area contributed by atoms with Gasteiger partial charge in [0.05, 0.1) is 30.5 Å². The number of hydrogen-bond donors (Lipinski definition) is 9. The van der Waals surface area contributed by atoms with Gasteiger partial charge >= 0.3 is 5.97 Å². The van der Waals surface area contributed by atoms with Crippen molar-refractivity contribution in [2.24, 2.45) is 23.2 Å². The predicted octanol–water partition coefficient (Wildman–Crippen LogP) is 0.876. The van der Waals surface area contributed by atoms with Crippen molar-refractivity contribution in [2.45, 2.75) is 205 Å². The van der Waals surface area contributed by atoms with Crippen molar-refractivity contribution in [1.29, 1.82) is 0 Å². The fourth-order valence-corrected chi connectivity index (χ4v) is 9.05. The van der Waals surface area contributed by atoms with Gasteiger partial charge in [-0.15, -0.1) is 0 Å². The number of carboxylic acids is 1. The molecule has 0 aromatic carbocycles. The van der Waals surface area contributed by atoms with Gasteiger partial charge in [0, 0.05) is 38.0 Å². The molecule has 4 rings (SSSR count). The normalized spacial score (nSPS) is 35.1. The molecule has 19 nitrogen and oxygen atoms in total. The van der Waals surface area contributed by atoms with Gasteiger partial charge in [0.1, 0.15) is 42.7 Å². The highest BCUT2D eigenvalue weighted by molar-refractivity contribution is 5.82. The first-order valence-electron chi connectivity index (χ1n) is 22.9. The smallest absolute Gasteiger partial charge is 0.332 e. The van der Waals surface area contributed by atoms with Crippen LogP contribution in [0.15, 0.2) is 0 Å². The predicted molar refractivity (Wildman–Crippen MR) is 226 cm³/mol. The van der Waals surface area contributed by atoms with Crippen molar-refractivity contribution >= 4 is 23.7 Å². The van der Waals surface area contributed by atoms with Crippen LogP contribution in [0.1, 0.15) is 120 Å². The highest BCUT2D eigenvalue weighted by atomic mass is 16.7. The van der Waals surface area contributed by atoms with E-state index in [9.17, 15) is 49.8 Å². The number of carbonyl (C=O) groups excluding carboxylic acids is 3. The fourth-order valence-electron chi connectivity index (χ4n) is 9.05. The van der Waals surface area contributed by atoms with Crippen LogP contribution in [0.5, 0.6) is 0 Å². The molecule has 4 fully saturated rings. The number of aliphatic hydroxyl groups excluding tert-OH is 5. The lowest BCUT2D eigenvalue weighted by Crippen LogP contribution is -2.67. The second-order valence-electron chi connectivity index (χ2n) is 19.5. The maximum atomic E-state index is 13.9. The van der Waals surface area contributed by atoms with Gasteiger partial charge in [0.15, 0.2) is 18.7 Å². The van der Waals surface area contributed by atoms with Gasteiger partial charge in [-0.3, -0.25) is 14.4 Å². The molecular weight excluding hydrogens is 826 g/mol. The number of hydrogen-bond acceptors (Lipinski definition) is 15. The van der Waals surface area contributed by atoms with E-state index in [2.05, 4.69) is 16.0 Å². The lowest BCUT2D eigenvalue weighted by atomic mass is 9.75. The van der Waals surface area contributed by atoms with Crippen LogP contribution in [-0.2, 0) is 47.6 Å². The van der Waals surface area contributed by atoms with Crippen LogP contribution in [0.25, 0.3) is 0 Å². The second-order valence-corrected chi connectivity index (χ2v) is 19.5. The molecule has 0 radical (unpaired) electrons. The van der Waals surface area contributed by atoms with Crippen molar-refractivity contribution in [1.82, 2.24) is 16.0 Å². The first-order valence-corrected chi connectivity index (χ1v) is 22.9. The molecule has 2 saturated heterocycles. The molecule has 9 unspecified atom stereocenters. The summed E-state index contributed by atoms with van der Waals surface area (Å²) in [6.45, 7) is 14.1. The Morgan fingerprint density at radius 3 is 2.10 bits per heavy atom. The second kappa shape index (κ2) is 23.8. The lowest BCUT2D eigenvalue weighted by Gasteiger charge is -2.49. The van der Waals surface area contributed by atoms with Gasteiger partial charge in [-0.25, -0.2) is 4.79 Å². The van der Waals surface area contributed by atoms with Gasteiger partial charge in [0.2, 0.25) is 17.7 Å². The van der Waals surface area contributed by atoms with Gasteiger partial charge < -0.3 is 75.0 Å². The topological polar surface area (TPSA) is 281 Å². The quantitative estimate of drug-likeness (QED) is 0.0767. The van der Waals surface area contributed by atoms with Crippen LogP contribution >= 0.6 is 0 Å². The summed E-state index contributed by atoms with van der Waals surface area (Å²) in [6, 6.07) is -1.31.